The summed E-state index contributed by atoms with van der Waals surface area (Å²) < 4.78 is 5.15. The lowest BCUT2D eigenvalue weighted by molar-refractivity contribution is 0.0690. The van der Waals surface area contributed by atoms with Crippen LogP contribution in [0.3, 0.4) is 0 Å². The molecule has 21 heavy (non-hydrogen) atoms. The average molecular weight is 289 g/mol. The molecule has 0 saturated heterocycles. The van der Waals surface area contributed by atoms with Gasteiger partial charge in [0.25, 0.3) is 0 Å². The van der Waals surface area contributed by atoms with Crippen LogP contribution in [0.2, 0.25) is 0 Å². The van der Waals surface area contributed by atoms with Crippen molar-refractivity contribution in [1.82, 2.24) is 15.1 Å². The minimum Gasteiger partial charge on any atom is -0.476 e. The van der Waals surface area contributed by atoms with Crippen molar-refractivity contribution < 1.29 is 19.4 Å². The number of aromatic carboxylic acids is 1. The van der Waals surface area contributed by atoms with Crippen LogP contribution < -0.4 is 0 Å². The fourth-order valence-corrected chi connectivity index (χ4v) is 1.70. The second-order valence-electron chi connectivity index (χ2n) is 4.48. The predicted octanol–water partition coefficient (Wildman–Crippen LogP) is 1.88. The third-order valence-corrected chi connectivity index (χ3v) is 2.77. The minimum atomic E-state index is -1.12. The molecule has 1 aromatic carbocycles. The summed E-state index contributed by atoms with van der Waals surface area (Å²) in [7, 11) is 1.56. The molecular formula is C14H15N3O4. The first-order valence-corrected chi connectivity index (χ1v) is 6.25. The lowest BCUT2D eigenvalue weighted by Gasteiger charge is -2.15. The number of carboxylic acids is 1. The molecule has 0 bridgehead atoms. The number of nitrogens with one attached hydrogen (secondary N) is 1. The van der Waals surface area contributed by atoms with Gasteiger partial charge in [0.05, 0.1) is 12.2 Å². The monoisotopic (exact) mass is 289 g/mol. The number of hydrogen-bond acceptors (Lipinski definition) is 4. The molecule has 0 unspecified atom stereocenters. The lowest BCUT2D eigenvalue weighted by Crippen LogP contribution is -2.27. The number of carbonyl (C=O) groups excluding carboxylic acids is 1. The quantitative estimate of drug-likeness (QED) is 0.876. The number of benzene rings is 1. The van der Waals surface area contributed by atoms with E-state index < -0.39 is 12.1 Å². The van der Waals surface area contributed by atoms with Crippen molar-refractivity contribution in [3.8, 4) is 0 Å². The Bertz CT molecular complexity index is 624. The van der Waals surface area contributed by atoms with Crippen LogP contribution in [0.25, 0.3) is 0 Å². The SMILES string of the molecule is CN(Cc1cc(C(=O)O)n[nH]1)C(=O)OCc1ccccc1. The van der Waals surface area contributed by atoms with Crippen LogP contribution in [0.15, 0.2) is 36.4 Å². The fraction of sp³-hybridized carbons (Fsp3) is 0.214. The minimum absolute atomic E-state index is 0.0870. The molecule has 0 aliphatic rings. The van der Waals surface area contributed by atoms with Gasteiger partial charge in [-0.25, -0.2) is 9.59 Å². The number of H-pyrrole nitrogens is 1. The Kier molecular flexibility index (Phi) is 4.55. The van der Waals surface area contributed by atoms with E-state index in [4.69, 9.17) is 9.84 Å². The van der Waals surface area contributed by atoms with Gasteiger partial charge in [0.15, 0.2) is 5.69 Å². The molecule has 110 valence electrons. The van der Waals surface area contributed by atoms with Crippen LogP contribution in [-0.2, 0) is 17.9 Å². The van der Waals surface area contributed by atoms with Crippen LogP contribution in [-0.4, -0.2) is 39.3 Å². The Morgan fingerprint density at radius 2 is 2.05 bits per heavy atom. The summed E-state index contributed by atoms with van der Waals surface area (Å²) in [6.07, 6.45) is -0.495. The normalized spacial score (nSPS) is 10.1. The number of aromatic amines is 1. The summed E-state index contributed by atoms with van der Waals surface area (Å²) in [5.74, 6) is -1.12. The van der Waals surface area contributed by atoms with Crippen molar-refractivity contribution in [3.05, 3.63) is 53.3 Å². The highest BCUT2D eigenvalue weighted by Crippen LogP contribution is 2.06. The molecule has 2 aromatic rings. The number of nitrogens with zero attached hydrogens (tertiary/aromatic N) is 2. The Labute approximate surface area is 121 Å². The molecule has 2 N–H and O–H groups in total. The van der Waals surface area contributed by atoms with Crippen LogP contribution in [0.1, 0.15) is 21.7 Å². The molecule has 0 radical (unpaired) electrons. The van der Waals surface area contributed by atoms with Gasteiger partial charge in [-0.2, -0.15) is 5.10 Å². The van der Waals surface area contributed by atoms with Gasteiger partial charge in [0, 0.05) is 7.05 Å². The van der Waals surface area contributed by atoms with Crippen molar-refractivity contribution >= 4 is 12.1 Å². The Morgan fingerprint density at radius 1 is 1.33 bits per heavy atom. The number of ether oxygens (including phenoxy) is 1. The van der Waals surface area contributed by atoms with E-state index in [1.807, 2.05) is 30.3 Å². The van der Waals surface area contributed by atoms with Crippen molar-refractivity contribution in [2.75, 3.05) is 7.05 Å². The van der Waals surface area contributed by atoms with Gasteiger partial charge in [-0.3, -0.25) is 5.10 Å². The van der Waals surface area contributed by atoms with Crippen molar-refractivity contribution in [2.45, 2.75) is 13.2 Å². The van der Waals surface area contributed by atoms with Gasteiger partial charge in [-0.05, 0) is 11.6 Å². The first kappa shape index (κ1) is 14.6. The third kappa shape index (κ3) is 4.07. The largest absolute Gasteiger partial charge is 0.476 e. The number of carboxylic acid groups (broad SMARTS) is 1. The maximum Gasteiger partial charge on any atom is 0.410 e. The first-order valence-electron chi connectivity index (χ1n) is 6.25. The summed E-state index contributed by atoms with van der Waals surface area (Å²) in [5.41, 5.74) is 1.33. The second kappa shape index (κ2) is 6.56. The summed E-state index contributed by atoms with van der Waals surface area (Å²) >= 11 is 0. The Morgan fingerprint density at radius 3 is 2.67 bits per heavy atom. The molecule has 1 amide bonds. The summed E-state index contributed by atoms with van der Waals surface area (Å²) in [4.78, 5) is 23.9. The van der Waals surface area contributed by atoms with Gasteiger partial charge in [-0.15, -0.1) is 0 Å². The first-order chi connectivity index (χ1) is 10.1. The maximum absolute atomic E-state index is 11.8. The zero-order valence-electron chi connectivity index (χ0n) is 11.4. The molecule has 0 aliphatic heterocycles. The van der Waals surface area contributed by atoms with Crippen molar-refractivity contribution in [3.63, 3.8) is 0 Å². The zero-order chi connectivity index (χ0) is 15.2. The summed E-state index contributed by atoms with van der Waals surface area (Å²) in [6, 6.07) is 10.7. The molecule has 0 saturated carbocycles. The summed E-state index contributed by atoms with van der Waals surface area (Å²) in [6.45, 7) is 0.376. The molecule has 2 rings (SSSR count). The summed E-state index contributed by atoms with van der Waals surface area (Å²) in [5, 5.41) is 14.9. The van der Waals surface area contributed by atoms with Crippen LogP contribution in [0.5, 0.6) is 0 Å². The van der Waals surface area contributed by atoms with Crippen LogP contribution in [0, 0.1) is 0 Å². The number of hydrogen-bond donors (Lipinski definition) is 2. The van der Waals surface area contributed by atoms with E-state index in [9.17, 15) is 9.59 Å². The van der Waals surface area contributed by atoms with Crippen molar-refractivity contribution in [1.29, 1.82) is 0 Å². The van der Waals surface area contributed by atoms with E-state index in [0.29, 0.717) is 5.69 Å². The van der Waals surface area contributed by atoms with E-state index in [-0.39, 0.29) is 18.8 Å². The number of carbonyl (C=O) groups is 2. The Balaban J connectivity index is 1.85. The lowest BCUT2D eigenvalue weighted by atomic mass is 10.2. The highest BCUT2D eigenvalue weighted by atomic mass is 16.6. The molecular weight excluding hydrogens is 274 g/mol. The zero-order valence-corrected chi connectivity index (χ0v) is 11.4. The van der Waals surface area contributed by atoms with Crippen LogP contribution in [0.4, 0.5) is 4.79 Å². The highest BCUT2D eigenvalue weighted by molar-refractivity contribution is 5.85. The molecule has 0 spiro atoms. The number of rotatable bonds is 5. The van der Waals surface area contributed by atoms with Crippen molar-refractivity contribution in [2.24, 2.45) is 0 Å². The third-order valence-electron chi connectivity index (χ3n) is 2.77. The molecule has 1 aromatic heterocycles. The van der Waals surface area contributed by atoms with E-state index in [1.165, 1.54) is 11.0 Å². The molecule has 7 heteroatoms. The molecule has 0 atom stereocenters. The van der Waals surface area contributed by atoms with Gasteiger partial charge in [0.2, 0.25) is 0 Å². The maximum atomic E-state index is 11.8. The molecule has 1 heterocycles. The smallest absolute Gasteiger partial charge is 0.410 e. The molecule has 0 fully saturated rings. The van der Waals surface area contributed by atoms with Crippen LogP contribution >= 0.6 is 0 Å². The highest BCUT2D eigenvalue weighted by Gasteiger charge is 2.14. The predicted molar refractivity (Wildman–Crippen MR) is 73.6 cm³/mol. The fourth-order valence-electron chi connectivity index (χ4n) is 1.70. The average Bonchev–Trinajstić information content (AvgIpc) is 2.94. The van der Waals surface area contributed by atoms with Gasteiger partial charge < -0.3 is 14.7 Å². The van der Waals surface area contributed by atoms with Gasteiger partial charge >= 0.3 is 12.1 Å². The number of amides is 1. The molecule has 0 aliphatic carbocycles. The van der Waals surface area contributed by atoms with E-state index >= 15 is 0 Å². The van der Waals surface area contributed by atoms with E-state index in [2.05, 4.69) is 10.2 Å². The van der Waals surface area contributed by atoms with Gasteiger partial charge in [-0.1, -0.05) is 30.3 Å². The Hall–Kier alpha value is -2.83. The second-order valence-corrected chi connectivity index (χ2v) is 4.48. The number of aromatic nitrogens is 2. The molecule has 7 nitrogen and oxygen atoms in total. The van der Waals surface area contributed by atoms with E-state index in [1.54, 1.807) is 7.05 Å². The standard InChI is InChI=1S/C14H15N3O4/c1-17(8-11-7-12(13(18)19)16-15-11)14(20)21-9-10-5-3-2-4-6-10/h2-7H,8-9H2,1H3,(H,15,16)(H,18,19). The van der Waals surface area contributed by atoms with Gasteiger partial charge in [0.1, 0.15) is 6.61 Å². The topological polar surface area (TPSA) is 95.5 Å². The van der Waals surface area contributed by atoms with E-state index in [0.717, 1.165) is 5.56 Å².